The Balaban J connectivity index is 1.62. The first-order valence-electron chi connectivity index (χ1n) is 9.10. The standard InChI is InChI=1S/C21H17ClN4O4/c22-16-9-12(10-17(27)28)1-6-15(16)13-2-4-14(5-3-13)26-7-8-30-20-18(21(26)29)19(23)24-11-25-20/h1-6,9,11H,7-8,10H2,(H,27,28)(H2,23,24,25). The maximum absolute atomic E-state index is 13.0. The Hall–Kier alpha value is -3.65. The van der Waals surface area contributed by atoms with Crippen LogP contribution in [0.15, 0.2) is 48.8 Å². The van der Waals surface area contributed by atoms with Gasteiger partial charge in [-0.25, -0.2) is 9.97 Å². The third-order valence-electron chi connectivity index (χ3n) is 4.73. The van der Waals surface area contributed by atoms with Crippen LogP contribution in [0.1, 0.15) is 15.9 Å². The quantitative estimate of drug-likeness (QED) is 0.660. The molecular formula is C21H17ClN4O4. The van der Waals surface area contributed by atoms with E-state index in [-0.39, 0.29) is 36.2 Å². The summed E-state index contributed by atoms with van der Waals surface area (Å²) in [6, 6.07) is 12.5. The van der Waals surface area contributed by atoms with Crippen LogP contribution in [0, 0.1) is 0 Å². The van der Waals surface area contributed by atoms with Crippen molar-refractivity contribution in [2.45, 2.75) is 6.42 Å². The number of hydrogen-bond acceptors (Lipinski definition) is 6. The number of aromatic nitrogens is 2. The van der Waals surface area contributed by atoms with Gasteiger partial charge in [0.1, 0.15) is 24.3 Å². The molecule has 9 heteroatoms. The molecule has 0 unspecified atom stereocenters. The number of fused-ring (bicyclic) bond motifs is 1. The van der Waals surface area contributed by atoms with E-state index in [0.29, 0.717) is 22.8 Å². The highest BCUT2D eigenvalue weighted by atomic mass is 35.5. The molecule has 0 spiro atoms. The molecule has 2 aromatic carbocycles. The van der Waals surface area contributed by atoms with Gasteiger partial charge in [0, 0.05) is 16.3 Å². The minimum atomic E-state index is -0.915. The van der Waals surface area contributed by atoms with Gasteiger partial charge in [-0.3, -0.25) is 9.59 Å². The van der Waals surface area contributed by atoms with Gasteiger partial charge in [0.2, 0.25) is 5.88 Å². The Morgan fingerprint density at radius 2 is 1.97 bits per heavy atom. The summed E-state index contributed by atoms with van der Waals surface area (Å²) < 4.78 is 5.55. The fourth-order valence-electron chi connectivity index (χ4n) is 3.31. The number of carboxylic acids is 1. The van der Waals surface area contributed by atoms with Crippen molar-refractivity contribution in [3.63, 3.8) is 0 Å². The van der Waals surface area contributed by atoms with Crippen LogP contribution < -0.4 is 15.4 Å². The number of anilines is 2. The van der Waals surface area contributed by atoms with Crippen LogP contribution in [0.2, 0.25) is 5.02 Å². The first-order valence-corrected chi connectivity index (χ1v) is 9.47. The Bertz CT molecular complexity index is 1130. The van der Waals surface area contributed by atoms with Crippen molar-refractivity contribution in [1.82, 2.24) is 9.97 Å². The molecule has 0 fully saturated rings. The Kier molecular flexibility index (Phi) is 5.24. The zero-order valence-electron chi connectivity index (χ0n) is 15.7. The van der Waals surface area contributed by atoms with Crippen molar-refractivity contribution in [2.24, 2.45) is 0 Å². The topological polar surface area (TPSA) is 119 Å². The molecule has 3 N–H and O–H groups in total. The van der Waals surface area contributed by atoms with Crippen LogP contribution in [0.25, 0.3) is 11.1 Å². The third-order valence-corrected chi connectivity index (χ3v) is 5.05. The van der Waals surface area contributed by atoms with Crippen molar-refractivity contribution in [1.29, 1.82) is 0 Å². The number of nitrogens with zero attached hydrogens (tertiary/aromatic N) is 3. The normalized spacial score (nSPS) is 13.4. The molecule has 3 aromatic rings. The Labute approximate surface area is 176 Å². The lowest BCUT2D eigenvalue weighted by Gasteiger charge is -2.20. The highest BCUT2D eigenvalue weighted by Crippen LogP contribution is 2.32. The molecule has 1 amide bonds. The SMILES string of the molecule is Nc1ncnc2c1C(=O)N(c1ccc(-c3ccc(CC(=O)O)cc3Cl)cc1)CCO2. The highest BCUT2D eigenvalue weighted by Gasteiger charge is 2.28. The molecule has 0 radical (unpaired) electrons. The van der Waals surface area contributed by atoms with Crippen LogP contribution in [0.4, 0.5) is 11.5 Å². The molecule has 0 aliphatic carbocycles. The fraction of sp³-hybridized carbons (Fsp3) is 0.143. The molecule has 1 aliphatic rings. The summed E-state index contributed by atoms with van der Waals surface area (Å²) in [5.74, 6) is -0.993. The highest BCUT2D eigenvalue weighted by molar-refractivity contribution is 6.33. The minimum Gasteiger partial charge on any atom is -0.481 e. The summed E-state index contributed by atoms with van der Waals surface area (Å²) >= 11 is 6.35. The van der Waals surface area contributed by atoms with Crippen molar-refractivity contribution < 1.29 is 19.4 Å². The van der Waals surface area contributed by atoms with Crippen LogP contribution in [-0.2, 0) is 11.2 Å². The molecule has 2 heterocycles. The molecule has 30 heavy (non-hydrogen) atoms. The molecule has 1 aliphatic heterocycles. The second-order valence-electron chi connectivity index (χ2n) is 6.68. The zero-order valence-corrected chi connectivity index (χ0v) is 16.5. The molecule has 0 atom stereocenters. The molecular weight excluding hydrogens is 408 g/mol. The molecule has 0 saturated carbocycles. The number of halogens is 1. The Morgan fingerprint density at radius 3 is 2.67 bits per heavy atom. The van der Waals surface area contributed by atoms with E-state index in [0.717, 1.165) is 11.1 Å². The van der Waals surface area contributed by atoms with E-state index < -0.39 is 5.97 Å². The number of hydrogen-bond donors (Lipinski definition) is 2. The number of amides is 1. The lowest BCUT2D eigenvalue weighted by Crippen LogP contribution is -2.32. The first-order chi connectivity index (χ1) is 14.4. The van der Waals surface area contributed by atoms with Gasteiger partial charge >= 0.3 is 5.97 Å². The number of rotatable bonds is 4. The molecule has 0 saturated heterocycles. The van der Waals surface area contributed by atoms with E-state index in [9.17, 15) is 9.59 Å². The summed E-state index contributed by atoms with van der Waals surface area (Å²) in [5.41, 5.74) is 8.92. The number of nitrogen functional groups attached to an aromatic ring is 1. The summed E-state index contributed by atoms with van der Waals surface area (Å²) in [6.45, 7) is 0.604. The number of carbonyl (C=O) groups excluding carboxylic acids is 1. The zero-order chi connectivity index (χ0) is 21.3. The van der Waals surface area contributed by atoms with E-state index in [2.05, 4.69) is 9.97 Å². The molecule has 152 valence electrons. The largest absolute Gasteiger partial charge is 0.481 e. The van der Waals surface area contributed by atoms with Gasteiger partial charge in [0.15, 0.2) is 0 Å². The van der Waals surface area contributed by atoms with Gasteiger partial charge < -0.3 is 20.5 Å². The number of aliphatic carboxylic acids is 1. The predicted molar refractivity (Wildman–Crippen MR) is 112 cm³/mol. The van der Waals surface area contributed by atoms with Gasteiger partial charge in [-0.1, -0.05) is 35.9 Å². The lowest BCUT2D eigenvalue weighted by atomic mass is 10.0. The van der Waals surface area contributed by atoms with Gasteiger partial charge in [-0.2, -0.15) is 0 Å². The summed E-state index contributed by atoms with van der Waals surface area (Å²) in [7, 11) is 0. The van der Waals surface area contributed by atoms with Crippen LogP contribution in [-0.4, -0.2) is 40.1 Å². The van der Waals surface area contributed by atoms with Crippen molar-refractivity contribution in [2.75, 3.05) is 23.8 Å². The Morgan fingerprint density at radius 1 is 1.20 bits per heavy atom. The first kappa shape index (κ1) is 19.7. The second kappa shape index (κ2) is 8.00. The average Bonchev–Trinajstić information content (AvgIpc) is 2.87. The molecule has 4 rings (SSSR count). The van der Waals surface area contributed by atoms with E-state index in [1.165, 1.54) is 6.33 Å². The van der Waals surface area contributed by atoms with Crippen LogP contribution >= 0.6 is 11.6 Å². The van der Waals surface area contributed by atoms with Gasteiger partial charge in [-0.15, -0.1) is 0 Å². The fourth-order valence-corrected chi connectivity index (χ4v) is 3.62. The van der Waals surface area contributed by atoms with Crippen LogP contribution in [0.5, 0.6) is 5.88 Å². The van der Waals surface area contributed by atoms with E-state index >= 15 is 0 Å². The van der Waals surface area contributed by atoms with E-state index in [4.69, 9.17) is 27.2 Å². The summed E-state index contributed by atoms with van der Waals surface area (Å²) in [6.07, 6.45) is 1.17. The molecule has 8 nitrogen and oxygen atoms in total. The monoisotopic (exact) mass is 424 g/mol. The number of carboxylic acid groups (broad SMARTS) is 1. The van der Waals surface area contributed by atoms with Crippen molar-refractivity contribution in [3.8, 4) is 17.0 Å². The summed E-state index contributed by atoms with van der Waals surface area (Å²) in [5, 5.41) is 9.38. The predicted octanol–water partition coefficient (Wildman–Crippen LogP) is 3.05. The van der Waals surface area contributed by atoms with Crippen molar-refractivity contribution in [3.05, 3.63) is 64.9 Å². The number of nitrogens with two attached hydrogens (primary N) is 1. The second-order valence-corrected chi connectivity index (χ2v) is 7.08. The minimum absolute atomic E-state index is 0.0711. The summed E-state index contributed by atoms with van der Waals surface area (Å²) in [4.78, 5) is 33.3. The number of ether oxygens (including phenoxy) is 1. The number of benzene rings is 2. The van der Waals surface area contributed by atoms with Gasteiger partial charge in [-0.05, 0) is 29.3 Å². The lowest BCUT2D eigenvalue weighted by molar-refractivity contribution is -0.136. The van der Waals surface area contributed by atoms with Gasteiger partial charge in [0.05, 0.1) is 13.0 Å². The molecule has 0 bridgehead atoms. The smallest absolute Gasteiger partial charge is 0.307 e. The maximum atomic E-state index is 13.0. The average molecular weight is 425 g/mol. The van der Waals surface area contributed by atoms with Crippen LogP contribution in [0.3, 0.4) is 0 Å². The number of carbonyl (C=O) groups is 2. The third kappa shape index (κ3) is 3.77. The van der Waals surface area contributed by atoms with Crippen molar-refractivity contribution >= 4 is 35.0 Å². The van der Waals surface area contributed by atoms with Gasteiger partial charge in [0.25, 0.3) is 5.91 Å². The maximum Gasteiger partial charge on any atom is 0.307 e. The molecule has 1 aromatic heterocycles. The van der Waals surface area contributed by atoms with E-state index in [1.807, 2.05) is 12.1 Å². The van der Waals surface area contributed by atoms with E-state index in [1.54, 1.807) is 35.2 Å².